The summed E-state index contributed by atoms with van der Waals surface area (Å²) >= 11 is 1.63. The van der Waals surface area contributed by atoms with Gasteiger partial charge in [0, 0.05) is 32.7 Å². The van der Waals surface area contributed by atoms with Crippen LogP contribution < -0.4 is 5.32 Å². The van der Waals surface area contributed by atoms with Gasteiger partial charge in [0.2, 0.25) is 0 Å². The zero-order valence-corrected chi connectivity index (χ0v) is 21.1. The van der Waals surface area contributed by atoms with E-state index in [1.165, 1.54) is 11.1 Å². The van der Waals surface area contributed by atoms with E-state index in [9.17, 15) is 0 Å². The Balaban J connectivity index is 0.00000420. The van der Waals surface area contributed by atoms with Crippen molar-refractivity contribution in [3.05, 3.63) is 51.5 Å². The van der Waals surface area contributed by atoms with Crippen molar-refractivity contribution in [3.8, 4) is 0 Å². The number of benzene rings is 1. The molecule has 0 bridgehead atoms. The molecule has 0 aliphatic rings. The van der Waals surface area contributed by atoms with Crippen LogP contribution >= 0.6 is 35.3 Å². The predicted molar refractivity (Wildman–Crippen MR) is 131 cm³/mol. The predicted octanol–water partition coefficient (Wildman–Crippen LogP) is 4.60. The first-order valence-electron chi connectivity index (χ1n) is 9.69. The summed E-state index contributed by atoms with van der Waals surface area (Å²) in [5, 5.41) is 6.45. The molecule has 0 saturated carbocycles. The Kier molecular flexibility index (Phi) is 12.4. The van der Waals surface area contributed by atoms with Gasteiger partial charge in [0.1, 0.15) is 11.1 Å². The van der Waals surface area contributed by atoms with Crippen molar-refractivity contribution in [2.75, 3.05) is 27.3 Å². The number of aliphatic imine (C=N–C) groups is 1. The van der Waals surface area contributed by atoms with Crippen molar-refractivity contribution in [1.29, 1.82) is 0 Å². The van der Waals surface area contributed by atoms with Crippen LogP contribution in [0.5, 0.6) is 0 Å². The number of ether oxygens (including phenoxy) is 2. The summed E-state index contributed by atoms with van der Waals surface area (Å²) in [6.45, 7) is 9.63. The van der Waals surface area contributed by atoms with Crippen LogP contribution in [0.3, 0.4) is 0 Å². The van der Waals surface area contributed by atoms with Gasteiger partial charge < -0.3 is 19.7 Å². The van der Waals surface area contributed by atoms with E-state index in [0.717, 1.165) is 29.8 Å². The second-order valence-electron chi connectivity index (χ2n) is 6.53. The molecule has 1 heterocycles. The highest BCUT2D eigenvalue weighted by molar-refractivity contribution is 14.0. The lowest BCUT2D eigenvalue weighted by Crippen LogP contribution is -2.38. The molecule has 2 aromatic rings. The van der Waals surface area contributed by atoms with E-state index in [2.05, 4.69) is 51.8 Å². The van der Waals surface area contributed by atoms with E-state index in [4.69, 9.17) is 14.5 Å². The average molecular weight is 532 g/mol. The lowest BCUT2D eigenvalue weighted by Gasteiger charge is -2.21. The minimum absolute atomic E-state index is 0. The molecular formula is C21H33IN4O2S. The maximum Gasteiger partial charge on any atom is 0.194 e. The minimum atomic E-state index is 0. The molecule has 162 valence electrons. The number of guanidine groups is 1. The number of hydrogen-bond acceptors (Lipinski definition) is 5. The number of thiazole rings is 1. The van der Waals surface area contributed by atoms with Crippen LogP contribution in [-0.4, -0.2) is 43.2 Å². The Bertz CT molecular complexity index is 737. The summed E-state index contributed by atoms with van der Waals surface area (Å²) in [6, 6.07) is 8.43. The Labute approximate surface area is 195 Å². The second-order valence-corrected chi connectivity index (χ2v) is 7.42. The maximum atomic E-state index is 5.44. The molecule has 0 aliphatic carbocycles. The normalized spacial score (nSPS) is 12.4. The highest BCUT2D eigenvalue weighted by Crippen LogP contribution is 2.21. The van der Waals surface area contributed by atoms with Crippen LogP contribution in [0.25, 0.3) is 0 Å². The van der Waals surface area contributed by atoms with Crippen LogP contribution in [-0.2, 0) is 29.2 Å². The average Bonchev–Trinajstić information content (AvgIpc) is 3.18. The summed E-state index contributed by atoms with van der Waals surface area (Å²) in [6.07, 6.45) is 0.0247. The first-order valence-corrected chi connectivity index (χ1v) is 10.6. The van der Waals surface area contributed by atoms with Gasteiger partial charge >= 0.3 is 0 Å². The molecule has 1 aromatic carbocycles. The number of methoxy groups -OCH3 is 1. The van der Waals surface area contributed by atoms with Crippen LogP contribution in [0.4, 0.5) is 0 Å². The van der Waals surface area contributed by atoms with Gasteiger partial charge in [0.25, 0.3) is 0 Å². The third kappa shape index (κ3) is 8.57. The van der Waals surface area contributed by atoms with Crippen LogP contribution in [0.1, 0.15) is 48.7 Å². The standard InChI is InChI=1S/C21H32N4O2S.HI/c1-6-22-21(23-12-17-8-10-18(11-9-17)14-27-7-2)25(4)13-19-15-28-20(24-19)16(3)26-5;/h8-11,15-16H,6-7,12-14H2,1-5H3,(H,22,23);1H. The van der Waals surface area contributed by atoms with Gasteiger partial charge in [-0.25, -0.2) is 9.98 Å². The fraction of sp³-hybridized carbons (Fsp3) is 0.524. The number of halogens is 1. The van der Waals surface area contributed by atoms with Crippen LogP contribution in [0, 0.1) is 0 Å². The molecule has 1 aromatic heterocycles. The highest BCUT2D eigenvalue weighted by atomic mass is 127. The van der Waals surface area contributed by atoms with E-state index < -0.39 is 0 Å². The Hall–Kier alpha value is -1.23. The quantitative estimate of drug-likeness (QED) is 0.275. The van der Waals surface area contributed by atoms with E-state index in [1.807, 2.05) is 20.9 Å². The second kappa shape index (κ2) is 13.9. The van der Waals surface area contributed by atoms with Crippen molar-refractivity contribution in [2.24, 2.45) is 4.99 Å². The lowest BCUT2D eigenvalue weighted by molar-refractivity contribution is 0.119. The van der Waals surface area contributed by atoms with E-state index in [0.29, 0.717) is 19.7 Å². The zero-order valence-electron chi connectivity index (χ0n) is 18.0. The molecular weight excluding hydrogens is 499 g/mol. The Morgan fingerprint density at radius 3 is 2.55 bits per heavy atom. The molecule has 29 heavy (non-hydrogen) atoms. The van der Waals surface area contributed by atoms with Gasteiger partial charge in [-0.1, -0.05) is 24.3 Å². The molecule has 0 radical (unpaired) electrons. The summed E-state index contributed by atoms with van der Waals surface area (Å²) in [5.74, 6) is 0.871. The largest absolute Gasteiger partial charge is 0.377 e. The first-order chi connectivity index (χ1) is 13.6. The number of nitrogens with one attached hydrogen (secondary N) is 1. The van der Waals surface area contributed by atoms with Crippen molar-refractivity contribution in [1.82, 2.24) is 15.2 Å². The summed E-state index contributed by atoms with van der Waals surface area (Å²) in [7, 11) is 3.74. The SMILES string of the molecule is CCNC(=NCc1ccc(COCC)cc1)N(C)Cc1csc(C(C)OC)n1.I. The summed E-state index contributed by atoms with van der Waals surface area (Å²) < 4.78 is 10.8. The first kappa shape index (κ1) is 25.8. The zero-order chi connectivity index (χ0) is 20.4. The van der Waals surface area contributed by atoms with Gasteiger partial charge in [0.15, 0.2) is 5.96 Å². The molecule has 0 amide bonds. The lowest BCUT2D eigenvalue weighted by atomic mass is 10.1. The van der Waals surface area contributed by atoms with Crippen molar-refractivity contribution >= 4 is 41.3 Å². The minimum Gasteiger partial charge on any atom is -0.377 e. The fourth-order valence-electron chi connectivity index (χ4n) is 2.60. The molecule has 1 unspecified atom stereocenters. The molecule has 0 aliphatic heterocycles. The third-order valence-electron chi connectivity index (χ3n) is 4.27. The number of rotatable bonds is 10. The van der Waals surface area contributed by atoms with E-state index in [-0.39, 0.29) is 30.1 Å². The smallest absolute Gasteiger partial charge is 0.194 e. The van der Waals surface area contributed by atoms with E-state index >= 15 is 0 Å². The molecule has 0 saturated heterocycles. The van der Waals surface area contributed by atoms with E-state index in [1.54, 1.807) is 18.4 Å². The van der Waals surface area contributed by atoms with Gasteiger partial charge in [-0.05, 0) is 31.9 Å². The monoisotopic (exact) mass is 532 g/mol. The third-order valence-corrected chi connectivity index (χ3v) is 5.33. The van der Waals surface area contributed by atoms with Crippen LogP contribution in [0.2, 0.25) is 0 Å². The molecule has 0 fully saturated rings. The topological polar surface area (TPSA) is 59.0 Å². The Morgan fingerprint density at radius 2 is 1.93 bits per heavy atom. The summed E-state index contributed by atoms with van der Waals surface area (Å²) in [5.41, 5.74) is 3.38. The van der Waals surface area contributed by atoms with Crippen molar-refractivity contribution in [2.45, 2.75) is 46.6 Å². The summed E-state index contributed by atoms with van der Waals surface area (Å²) in [4.78, 5) is 11.6. The van der Waals surface area contributed by atoms with Gasteiger partial charge in [-0.3, -0.25) is 0 Å². The molecule has 8 heteroatoms. The fourth-order valence-corrected chi connectivity index (χ4v) is 3.44. The van der Waals surface area contributed by atoms with Gasteiger partial charge in [-0.2, -0.15) is 0 Å². The highest BCUT2D eigenvalue weighted by Gasteiger charge is 2.12. The molecule has 1 atom stereocenters. The molecule has 2 rings (SSSR count). The Morgan fingerprint density at radius 1 is 1.24 bits per heavy atom. The molecule has 6 nitrogen and oxygen atoms in total. The van der Waals surface area contributed by atoms with Gasteiger partial charge in [0.05, 0.1) is 25.4 Å². The molecule has 0 spiro atoms. The van der Waals surface area contributed by atoms with Crippen LogP contribution in [0.15, 0.2) is 34.6 Å². The number of aromatic nitrogens is 1. The number of nitrogens with zero attached hydrogens (tertiary/aromatic N) is 3. The molecule has 1 N–H and O–H groups in total. The maximum absolute atomic E-state index is 5.44. The van der Waals surface area contributed by atoms with Gasteiger partial charge in [-0.15, -0.1) is 35.3 Å². The van der Waals surface area contributed by atoms with Crippen molar-refractivity contribution < 1.29 is 9.47 Å². The van der Waals surface area contributed by atoms with Crippen molar-refractivity contribution in [3.63, 3.8) is 0 Å². The number of hydrogen-bond donors (Lipinski definition) is 1.